The van der Waals surface area contributed by atoms with Crippen LogP contribution in [0.3, 0.4) is 0 Å². The zero-order valence-electron chi connectivity index (χ0n) is 12.0. The van der Waals surface area contributed by atoms with Crippen LogP contribution in [0.2, 0.25) is 0 Å². The predicted octanol–water partition coefficient (Wildman–Crippen LogP) is 0.949. The molecule has 3 N–H and O–H groups in total. The monoisotopic (exact) mass is 267 g/mol. The summed E-state index contributed by atoms with van der Waals surface area (Å²) in [5, 5.41) is 7.31. The molecule has 1 aromatic rings. The molecule has 0 saturated carbocycles. The van der Waals surface area contributed by atoms with Gasteiger partial charge in [0.2, 0.25) is 5.95 Å². The summed E-state index contributed by atoms with van der Waals surface area (Å²) in [6.45, 7) is 8.32. The first-order chi connectivity index (χ1) is 9.17. The van der Waals surface area contributed by atoms with E-state index >= 15 is 0 Å². The zero-order chi connectivity index (χ0) is 13.7. The van der Waals surface area contributed by atoms with Gasteiger partial charge >= 0.3 is 0 Å². The lowest BCUT2D eigenvalue weighted by Crippen LogP contribution is -2.46. The van der Waals surface area contributed by atoms with E-state index in [1.165, 1.54) is 6.42 Å². The lowest BCUT2D eigenvalue weighted by atomic mass is 9.82. The molecule has 0 aliphatic carbocycles. The molecule has 2 heterocycles. The Morgan fingerprint density at radius 3 is 3.11 bits per heavy atom. The third-order valence-corrected chi connectivity index (χ3v) is 3.76. The standard InChI is InChI=1S/C13H25N5O/c1-3-19-8-5-11-15-12(17-16-11)18-7-4-6-13(2,9-14)10-18/h3-10,14H2,1-2H3,(H,15,16,17). The number of rotatable bonds is 6. The predicted molar refractivity (Wildman–Crippen MR) is 75.2 cm³/mol. The van der Waals surface area contributed by atoms with E-state index in [0.29, 0.717) is 13.2 Å². The summed E-state index contributed by atoms with van der Waals surface area (Å²) in [5.74, 6) is 1.69. The van der Waals surface area contributed by atoms with E-state index in [2.05, 4.69) is 27.0 Å². The molecule has 0 radical (unpaired) electrons. The molecule has 108 valence electrons. The normalized spacial score (nSPS) is 23.8. The Morgan fingerprint density at radius 2 is 2.37 bits per heavy atom. The van der Waals surface area contributed by atoms with Crippen LogP contribution in [0.25, 0.3) is 0 Å². The Bertz CT molecular complexity index is 394. The molecule has 6 nitrogen and oxygen atoms in total. The molecule has 1 aromatic heterocycles. The van der Waals surface area contributed by atoms with Gasteiger partial charge in [0.25, 0.3) is 0 Å². The molecule has 0 bridgehead atoms. The number of hydrogen-bond acceptors (Lipinski definition) is 5. The number of piperidine rings is 1. The van der Waals surface area contributed by atoms with E-state index in [1.807, 2.05) is 6.92 Å². The van der Waals surface area contributed by atoms with Crippen LogP contribution < -0.4 is 10.6 Å². The van der Waals surface area contributed by atoms with Crippen molar-refractivity contribution < 1.29 is 4.74 Å². The van der Waals surface area contributed by atoms with Gasteiger partial charge in [0.15, 0.2) is 0 Å². The smallest absolute Gasteiger partial charge is 0.244 e. The molecule has 1 unspecified atom stereocenters. The number of nitrogens with one attached hydrogen (secondary N) is 1. The zero-order valence-corrected chi connectivity index (χ0v) is 12.0. The van der Waals surface area contributed by atoms with Crippen molar-refractivity contribution in [3.05, 3.63) is 5.82 Å². The fourth-order valence-corrected chi connectivity index (χ4v) is 2.50. The average molecular weight is 267 g/mol. The minimum absolute atomic E-state index is 0.185. The third-order valence-electron chi connectivity index (χ3n) is 3.76. The van der Waals surface area contributed by atoms with Gasteiger partial charge in [-0.3, -0.25) is 5.10 Å². The highest BCUT2D eigenvalue weighted by Crippen LogP contribution is 2.29. The number of nitrogens with two attached hydrogens (primary N) is 1. The van der Waals surface area contributed by atoms with E-state index in [-0.39, 0.29) is 5.41 Å². The van der Waals surface area contributed by atoms with Crippen molar-refractivity contribution in [1.29, 1.82) is 0 Å². The van der Waals surface area contributed by atoms with Gasteiger partial charge in [-0.05, 0) is 31.7 Å². The van der Waals surface area contributed by atoms with Crippen molar-refractivity contribution >= 4 is 5.95 Å². The minimum Gasteiger partial charge on any atom is -0.381 e. The van der Waals surface area contributed by atoms with Crippen molar-refractivity contribution in [1.82, 2.24) is 15.2 Å². The molecule has 1 fully saturated rings. The molecule has 1 aliphatic rings. The van der Waals surface area contributed by atoms with Gasteiger partial charge in [-0.1, -0.05) is 6.92 Å². The van der Waals surface area contributed by atoms with Crippen LogP contribution in [0.1, 0.15) is 32.5 Å². The first-order valence-electron chi connectivity index (χ1n) is 7.11. The molecule has 0 spiro atoms. The number of hydrogen-bond donors (Lipinski definition) is 2. The summed E-state index contributed by atoms with van der Waals surface area (Å²) < 4.78 is 5.32. The molecule has 1 saturated heterocycles. The lowest BCUT2D eigenvalue weighted by molar-refractivity contribution is 0.149. The van der Waals surface area contributed by atoms with E-state index in [0.717, 1.165) is 44.3 Å². The van der Waals surface area contributed by atoms with Gasteiger partial charge in [-0.2, -0.15) is 4.98 Å². The topological polar surface area (TPSA) is 80.1 Å². The summed E-state index contributed by atoms with van der Waals surface area (Å²) in [7, 11) is 0. The van der Waals surface area contributed by atoms with Crippen LogP contribution in [0.15, 0.2) is 0 Å². The van der Waals surface area contributed by atoms with E-state index in [1.54, 1.807) is 0 Å². The SMILES string of the molecule is CCOCCc1nc(N2CCCC(C)(CN)C2)n[nH]1. The van der Waals surface area contributed by atoms with Crippen LogP contribution in [0.5, 0.6) is 0 Å². The van der Waals surface area contributed by atoms with Crippen LogP contribution in [0.4, 0.5) is 5.95 Å². The van der Waals surface area contributed by atoms with Gasteiger partial charge in [0.1, 0.15) is 5.82 Å². The maximum atomic E-state index is 5.87. The highest BCUT2D eigenvalue weighted by atomic mass is 16.5. The van der Waals surface area contributed by atoms with Gasteiger partial charge in [-0.25, -0.2) is 0 Å². The van der Waals surface area contributed by atoms with Crippen LogP contribution in [-0.2, 0) is 11.2 Å². The van der Waals surface area contributed by atoms with E-state index in [9.17, 15) is 0 Å². The number of aromatic amines is 1. The Balaban J connectivity index is 1.94. The molecule has 6 heteroatoms. The first kappa shape index (κ1) is 14.3. The van der Waals surface area contributed by atoms with Crippen molar-refractivity contribution in [2.75, 3.05) is 37.7 Å². The van der Waals surface area contributed by atoms with Crippen LogP contribution in [0, 0.1) is 5.41 Å². The van der Waals surface area contributed by atoms with Crippen molar-refractivity contribution in [3.63, 3.8) is 0 Å². The summed E-state index contributed by atoms with van der Waals surface area (Å²) in [6.07, 6.45) is 3.11. The Hall–Kier alpha value is -1.14. The molecule has 2 rings (SSSR count). The fraction of sp³-hybridized carbons (Fsp3) is 0.846. The summed E-state index contributed by atoms with van der Waals surface area (Å²) in [4.78, 5) is 6.78. The highest BCUT2D eigenvalue weighted by molar-refractivity contribution is 5.30. The first-order valence-corrected chi connectivity index (χ1v) is 7.11. The number of anilines is 1. The van der Waals surface area contributed by atoms with Crippen molar-refractivity contribution in [2.45, 2.75) is 33.1 Å². The van der Waals surface area contributed by atoms with Crippen LogP contribution >= 0.6 is 0 Å². The molecule has 1 aliphatic heterocycles. The fourth-order valence-electron chi connectivity index (χ4n) is 2.50. The lowest BCUT2D eigenvalue weighted by Gasteiger charge is -2.39. The quantitative estimate of drug-likeness (QED) is 0.750. The molecular weight excluding hydrogens is 242 g/mol. The summed E-state index contributed by atoms with van der Waals surface area (Å²) in [5.41, 5.74) is 6.06. The number of aromatic nitrogens is 3. The second-order valence-corrected chi connectivity index (χ2v) is 5.57. The maximum Gasteiger partial charge on any atom is 0.244 e. The molecule has 1 atom stereocenters. The summed E-state index contributed by atoms with van der Waals surface area (Å²) in [6, 6.07) is 0. The molecule has 0 aromatic carbocycles. The van der Waals surface area contributed by atoms with Gasteiger partial charge in [-0.15, -0.1) is 5.10 Å². The maximum absolute atomic E-state index is 5.87. The largest absolute Gasteiger partial charge is 0.381 e. The number of ether oxygens (including phenoxy) is 1. The van der Waals surface area contributed by atoms with Gasteiger partial charge in [0.05, 0.1) is 6.61 Å². The number of nitrogens with zero attached hydrogens (tertiary/aromatic N) is 3. The molecule has 0 amide bonds. The third kappa shape index (κ3) is 3.67. The van der Waals surface area contributed by atoms with E-state index < -0.39 is 0 Å². The molecular formula is C13H25N5O. The Morgan fingerprint density at radius 1 is 1.53 bits per heavy atom. The highest BCUT2D eigenvalue weighted by Gasteiger charge is 2.31. The number of H-pyrrole nitrogens is 1. The van der Waals surface area contributed by atoms with E-state index in [4.69, 9.17) is 10.5 Å². The Labute approximate surface area is 114 Å². The van der Waals surface area contributed by atoms with Gasteiger partial charge < -0.3 is 15.4 Å². The minimum atomic E-state index is 0.185. The molecule has 19 heavy (non-hydrogen) atoms. The second-order valence-electron chi connectivity index (χ2n) is 5.57. The van der Waals surface area contributed by atoms with Gasteiger partial charge in [0, 0.05) is 26.1 Å². The van der Waals surface area contributed by atoms with Crippen molar-refractivity contribution in [2.24, 2.45) is 11.1 Å². The second kappa shape index (κ2) is 6.34. The average Bonchev–Trinajstić information content (AvgIpc) is 2.88. The summed E-state index contributed by atoms with van der Waals surface area (Å²) >= 11 is 0. The Kier molecular flexibility index (Phi) is 4.76. The van der Waals surface area contributed by atoms with Crippen LogP contribution in [-0.4, -0.2) is 48.0 Å². The van der Waals surface area contributed by atoms with Crippen molar-refractivity contribution in [3.8, 4) is 0 Å².